The minimum Gasteiger partial charge on any atom is -0.394 e. The first-order valence-corrected chi connectivity index (χ1v) is 9.58. The zero-order valence-electron chi connectivity index (χ0n) is 14.9. The first-order valence-electron chi connectivity index (χ1n) is 8.66. The molecule has 2 fully saturated rings. The summed E-state index contributed by atoms with van der Waals surface area (Å²) in [6.07, 6.45) is -7.90. The van der Waals surface area contributed by atoms with Gasteiger partial charge in [-0.15, -0.1) is 0 Å². The molecule has 1 unspecified atom stereocenters. The lowest BCUT2D eigenvalue weighted by molar-refractivity contribution is -0.190. The number of hydrogen-bond donors (Lipinski definition) is 6. The van der Waals surface area contributed by atoms with Crippen LogP contribution in [0.2, 0.25) is 0 Å². The van der Waals surface area contributed by atoms with Gasteiger partial charge in [-0.3, -0.25) is 14.3 Å². The van der Waals surface area contributed by atoms with E-state index in [1.54, 1.807) is 0 Å². The monoisotopic (exact) mass is 480 g/mol. The number of nitrogens with zero attached hydrogens (tertiary/aromatic N) is 1. The molecule has 0 bridgehead atoms. The Balaban J connectivity index is 1.72. The molecule has 6 N–H and O–H groups in total. The minimum absolute atomic E-state index is 0.109. The number of hydrogen-bond acceptors (Lipinski definition) is 10. The predicted molar refractivity (Wildman–Crippen MR) is 98.9 cm³/mol. The van der Waals surface area contributed by atoms with Crippen LogP contribution in [0.1, 0.15) is 11.8 Å². The van der Waals surface area contributed by atoms with Crippen molar-refractivity contribution in [1.82, 2.24) is 9.55 Å². The molecule has 1 aromatic rings. The lowest BCUT2D eigenvalue weighted by Crippen LogP contribution is -2.39. The highest BCUT2D eigenvalue weighted by Crippen LogP contribution is 2.30. The number of rotatable bonds is 6. The second-order valence-electron chi connectivity index (χ2n) is 6.63. The molecule has 0 aromatic carbocycles. The summed E-state index contributed by atoms with van der Waals surface area (Å²) >= 11 is 3.03. The van der Waals surface area contributed by atoms with Crippen molar-refractivity contribution in [3.63, 3.8) is 0 Å². The Hall–Kier alpha value is -1.42. The fraction of sp³-hybridized carbons (Fsp3) is 0.625. The lowest BCUT2D eigenvalue weighted by atomic mass is 10.1. The fourth-order valence-corrected chi connectivity index (χ4v) is 3.45. The van der Waals surface area contributed by atoms with E-state index < -0.39 is 67.0 Å². The zero-order chi connectivity index (χ0) is 21.3. The van der Waals surface area contributed by atoms with Crippen molar-refractivity contribution in [3.05, 3.63) is 37.6 Å². The maximum Gasteiger partial charge on any atom is 0.330 e. The summed E-state index contributed by atoms with van der Waals surface area (Å²) in [6.45, 7) is -0.880. The van der Waals surface area contributed by atoms with Gasteiger partial charge >= 0.3 is 5.69 Å². The minimum atomic E-state index is -1.52. The maximum atomic E-state index is 12.1. The number of aromatic nitrogens is 2. The van der Waals surface area contributed by atoms with Crippen LogP contribution in [-0.2, 0) is 14.2 Å². The number of aliphatic hydroxyl groups excluding tert-OH is 5. The Morgan fingerprint density at radius 2 is 1.79 bits per heavy atom. The van der Waals surface area contributed by atoms with Gasteiger partial charge in [0.1, 0.15) is 36.6 Å². The van der Waals surface area contributed by atoms with Crippen molar-refractivity contribution in [2.45, 2.75) is 49.1 Å². The summed E-state index contributed by atoms with van der Waals surface area (Å²) in [5, 5.41) is 49.2. The fourth-order valence-electron chi connectivity index (χ4n) is 3.17. The van der Waals surface area contributed by atoms with Crippen LogP contribution in [-0.4, -0.2) is 91.2 Å². The van der Waals surface area contributed by atoms with E-state index in [4.69, 9.17) is 19.3 Å². The largest absolute Gasteiger partial charge is 0.394 e. The van der Waals surface area contributed by atoms with Crippen LogP contribution in [0.3, 0.4) is 0 Å². The smallest absolute Gasteiger partial charge is 0.330 e. The van der Waals surface area contributed by atoms with E-state index in [9.17, 15) is 30.0 Å². The molecule has 13 heteroatoms. The van der Waals surface area contributed by atoms with Gasteiger partial charge in [-0.1, -0.05) is 15.9 Å². The van der Waals surface area contributed by atoms with Gasteiger partial charge < -0.3 is 39.7 Å². The summed E-state index contributed by atoms with van der Waals surface area (Å²) < 4.78 is 16.9. The highest BCUT2D eigenvalue weighted by Gasteiger charge is 2.47. The van der Waals surface area contributed by atoms with E-state index in [0.717, 1.165) is 4.57 Å². The molecule has 0 saturated carbocycles. The summed E-state index contributed by atoms with van der Waals surface area (Å²) in [5.41, 5.74) is -1.37. The molecule has 3 heterocycles. The third-order valence-corrected chi connectivity index (χ3v) is 5.04. The van der Waals surface area contributed by atoms with Crippen molar-refractivity contribution >= 4 is 22.0 Å². The molecule has 0 radical (unpaired) electrons. The molecule has 3 rings (SSSR count). The van der Waals surface area contributed by atoms with Crippen molar-refractivity contribution in [2.24, 2.45) is 0 Å². The van der Waals surface area contributed by atoms with Crippen molar-refractivity contribution < 1.29 is 39.7 Å². The lowest BCUT2D eigenvalue weighted by Gasteiger charge is -2.20. The Labute approximate surface area is 171 Å². The zero-order valence-corrected chi connectivity index (χ0v) is 16.5. The second kappa shape index (κ2) is 9.16. The quantitative estimate of drug-likeness (QED) is 0.245. The summed E-state index contributed by atoms with van der Waals surface area (Å²) in [4.78, 5) is 27.4. The van der Waals surface area contributed by atoms with E-state index in [1.807, 2.05) is 0 Å². The van der Waals surface area contributed by atoms with Crippen LogP contribution in [0.5, 0.6) is 0 Å². The molecule has 2 aliphatic heterocycles. The average molecular weight is 481 g/mol. The molecule has 12 nitrogen and oxygen atoms in total. The Bertz CT molecular complexity index is 857. The molecule has 29 heavy (non-hydrogen) atoms. The van der Waals surface area contributed by atoms with Crippen molar-refractivity contribution in [1.29, 1.82) is 0 Å². The van der Waals surface area contributed by atoms with Crippen LogP contribution in [0.15, 0.2) is 20.8 Å². The van der Waals surface area contributed by atoms with Gasteiger partial charge in [0, 0.05) is 6.20 Å². The number of H-pyrrole nitrogens is 1. The van der Waals surface area contributed by atoms with Crippen LogP contribution in [0, 0.1) is 0 Å². The van der Waals surface area contributed by atoms with Gasteiger partial charge in [-0.2, -0.15) is 0 Å². The standard InChI is InChI=1S/C16H21BrN2O10/c17-2-1-6-3-19(16(26)18-13(6)25)14-11(23)10(22)8(28-14)5-27-15-12(24)9(21)7(4-20)29-15/h1-3,7-12,14-15,20-24H,4-5H2,(H,18,25,26)/t7-,8-,9-,10-,11-,12+,14+,15?/m1/s1. The molecular formula is C16H21BrN2O10. The van der Waals surface area contributed by atoms with E-state index in [0.29, 0.717) is 0 Å². The topological polar surface area (TPSA) is 184 Å². The number of aromatic amines is 1. The number of nitrogens with one attached hydrogen (secondary N) is 1. The van der Waals surface area contributed by atoms with Crippen molar-refractivity contribution in [3.8, 4) is 0 Å². The van der Waals surface area contributed by atoms with E-state index in [2.05, 4.69) is 20.9 Å². The average Bonchev–Trinajstić information content (AvgIpc) is 3.13. The van der Waals surface area contributed by atoms with Crippen LogP contribution in [0.4, 0.5) is 0 Å². The molecule has 0 aliphatic carbocycles. The van der Waals surface area contributed by atoms with Crippen molar-refractivity contribution in [2.75, 3.05) is 13.2 Å². The Kier molecular flexibility index (Phi) is 7.03. The molecule has 8 atom stereocenters. The number of halogens is 1. The summed E-state index contributed by atoms with van der Waals surface area (Å²) in [5.74, 6) is 0. The van der Waals surface area contributed by atoms with Gasteiger partial charge in [0.25, 0.3) is 5.56 Å². The van der Waals surface area contributed by atoms with E-state index in [-0.39, 0.29) is 12.2 Å². The van der Waals surface area contributed by atoms with E-state index in [1.165, 1.54) is 17.3 Å². The van der Waals surface area contributed by atoms with Gasteiger partial charge in [-0.05, 0) is 11.1 Å². The van der Waals surface area contributed by atoms with Gasteiger partial charge in [0.2, 0.25) is 0 Å². The van der Waals surface area contributed by atoms with Crippen LogP contribution >= 0.6 is 15.9 Å². The second-order valence-corrected chi connectivity index (χ2v) is 7.16. The van der Waals surface area contributed by atoms with Gasteiger partial charge in [-0.25, -0.2) is 4.79 Å². The molecule has 2 saturated heterocycles. The van der Waals surface area contributed by atoms with Crippen LogP contribution in [0.25, 0.3) is 6.08 Å². The number of ether oxygens (including phenoxy) is 3. The molecular weight excluding hydrogens is 460 g/mol. The summed E-state index contributed by atoms with van der Waals surface area (Å²) in [7, 11) is 0. The molecule has 0 amide bonds. The Morgan fingerprint density at radius 1 is 1.10 bits per heavy atom. The molecule has 1 aromatic heterocycles. The van der Waals surface area contributed by atoms with Gasteiger partial charge in [0.05, 0.1) is 18.8 Å². The number of aliphatic hydroxyl groups is 5. The SMILES string of the molecule is O=c1[nH]c(=O)n([C@H]2O[C@H](COC3O[C@H](CO)[C@@H](O)[C@@H]3O)[C@@H](O)[C@H]2O)cc1C=CBr. The van der Waals surface area contributed by atoms with Gasteiger partial charge in [0.15, 0.2) is 12.5 Å². The molecule has 2 aliphatic rings. The highest BCUT2D eigenvalue weighted by molar-refractivity contribution is 9.11. The Morgan fingerprint density at radius 3 is 2.41 bits per heavy atom. The predicted octanol–water partition coefficient (Wildman–Crippen LogP) is -3.02. The maximum absolute atomic E-state index is 12.1. The first-order chi connectivity index (χ1) is 13.8. The van der Waals surface area contributed by atoms with E-state index >= 15 is 0 Å². The highest BCUT2D eigenvalue weighted by atomic mass is 79.9. The third kappa shape index (κ3) is 4.38. The first kappa shape index (κ1) is 22.3. The molecule has 0 spiro atoms. The van der Waals surface area contributed by atoms with Crippen LogP contribution < -0.4 is 11.2 Å². The summed E-state index contributed by atoms with van der Waals surface area (Å²) in [6, 6.07) is 0. The normalized spacial score (nSPS) is 37.6. The molecule has 162 valence electrons. The third-order valence-electron chi connectivity index (χ3n) is 4.77.